The number of carbonyl (C=O) groups excluding carboxylic acids is 1. The molecule has 9 nitrogen and oxygen atoms in total. The first-order valence-electron chi connectivity index (χ1n) is 15.2. The van der Waals surface area contributed by atoms with E-state index in [4.69, 9.17) is 18.9 Å². The van der Waals surface area contributed by atoms with E-state index in [1.807, 2.05) is 69.3 Å². The summed E-state index contributed by atoms with van der Waals surface area (Å²) in [6.45, 7) is 9.95. The molecule has 242 valence electrons. The Hall–Kier alpha value is -4.66. The number of halogens is 1. The first kappa shape index (κ1) is 33.7. The van der Waals surface area contributed by atoms with Crippen molar-refractivity contribution in [2.24, 2.45) is 4.99 Å². The van der Waals surface area contributed by atoms with E-state index in [2.05, 4.69) is 27.0 Å². The van der Waals surface area contributed by atoms with E-state index in [9.17, 15) is 14.9 Å². The van der Waals surface area contributed by atoms with Gasteiger partial charge < -0.3 is 18.9 Å². The van der Waals surface area contributed by atoms with E-state index in [1.54, 1.807) is 36.6 Å². The zero-order valence-electron chi connectivity index (χ0n) is 26.7. The molecule has 2 heterocycles. The number of thiazole rings is 1. The number of hydrogen-bond acceptors (Lipinski definition) is 9. The van der Waals surface area contributed by atoms with Gasteiger partial charge in [-0.3, -0.25) is 9.36 Å². The Morgan fingerprint density at radius 3 is 2.55 bits per heavy atom. The van der Waals surface area contributed by atoms with E-state index in [0.717, 1.165) is 5.56 Å². The highest BCUT2D eigenvalue weighted by atomic mass is 79.9. The van der Waals surface area contributed by atoms with Crippen molar-refractivity contribution in [1.29, 1.82) is 5.26 Å². The van der Waals surface area contributed by atoms with Crippen LogP contribution in [0.1, 0.15) is 62.9 Å². The lowest BCUT2D eigenvalue weighted by atomic mass is 9.95. The van der Waals surface area contributed by atoms with Crippen molar-refractivity contribution in [3.63, 3.8) is 0 Å². The molecule has 47 heavy (non-hydrogen) atoms. The van der Waals surface area contributed by atoms with E-state index < -0.39 is 12.0 Å². The van der Waals surface area contributed by atoms with Crippen molar-refractivity contribution >= 4 is 39.3 Å². The highest BCUT2D eigenvalue weighted by molar-refractivity contribution is 9.10. The van der Waals surface area contributed by atoms with Gasteiger partial charge >= 0.3 is 5.97 Å². The molecule has 0 fully saturated rings. The molecule has 0 saturated carbocycles. The average Bonchev–Trinajstić information content (AvgIpc) is 3.34. The van der Waals surface area contributed by atoms with Crippen LogP contribution in [0.25, 0.3) is 6.08 Å². The van der Waals surface area contributed by atoms with Gasteiger partial charge in [-0.15, -0.1) is 0 Å². The second kappa shape index (κ2) is 14.8. The van der Waals surface area contributed by atoms with Crippen LogP contribution >= 0.6 is 27.3 Å². The number of carbonyl (C=O) groups is 1. The molecule has 1 aliphatic heterocycles. The van der Waals surface area contributed by atoms with Gasteiger partial charge in [0, 0.05) is 11.1 Å². The van der Waals surface area contributed by atoms with Gasteiger partial charge in [0.1, 0.15) is 18.4 Å². The second-order valence-corrected chi connectivity index (χ2v) is 12.7. The number of hydrogen-bond donors (Lipinski definition) is 0. The molecule has 0 bridgehead atoms. The van der Waals surface area contributed by atoms with Gasteiger partial charge in [-0.05, 0) is 86.5 Å². The predicted molar refractivity (Wildman–Crippen MR) is 183 cm³/mol. The van der Waals surface area contributed by atoms with Crippen LogP contribution in [-0.4, -0.2) is 29.9 Å². The number of esters is 1. The number of benzene rings is 3. The Kier molecular flexibility index (Phi) is 10.6. The van der Waals surface area contributed by atoms with Crippen LogP contribution in [0.3, 0.4) is 0 Å². The van der Waals surface area contributed by atoms with Crippen molar-refractivity contribution in [3.8, 4) is 23.3 Å². The summed E-state index contributed by atoms with van der Waals surface area (Å²) in [6.07, 6.45) is 1.64. The first-order valence-corrected chi connectivity index (χ1v) is 16.8. The fourth-order valence-electron chi connectivity index (χ4n) is 5.28. The lowest BCUT2D eigenvalue weighted by Gasteiger charge is -2.26. The smallest absolute Gasteiger partial charge is 0.338 e. The van der Waals surface area contributed by atoms with Crippen LogP contribution < -0.4 is 29.1 Å². The van der Waals surface area contributed by atoms with Gasteiger partial charge in [-0.1, -0.05) is 47.7 Å². The molecule has 0 radical (unpaired) electrons. The fraction of sp³-hybridized carbons (Fsp3) is 0.278. The SMILES string of the molecule is CCOC(=O)C1=C(C)N=c2s/c(=C/c3cc(Br)c(OCc4ccccc4C#N)c(OCC)c3)c(=O)n2[C@H]1c1ccccc1OC(C)C. The number of nitrogens with zero attached hydrogens (tertiary/aromatic N) is 3. The number of aromatic nitrogens is 1. The molecular weight excluding hydrogens is 682 g/mol. The van der Waals surface area contributed by atoms with Crippen LogP contribution in [0.2, 0.25) is 0 Å². The Balaban J connectivity index is 1.62. The third kappa shape index (κ3) is 7.19. The molecule has 5 rings (SSSR count). The molecule has 11 heteroatoms. The van der Waals surface area contributed by atoms with Gasteiger partial charge in [0.05, 0.1) is 51.2 Å². The Bertz CT molecular complexity index is 2080. The van der Waals surface area contributed by atoms with E-state index in [1.165, 1.54) is 11.3 Å². The van der Waals surface area contributed by atoms with Crippen molar-refractivity contribution < 1.29 is 23.7 Å². The Morgan fingerprint density at radius 2 is 1.83 bits per heavy atom. The maximum absolute atomic E-state index is 14.2. The van der Waals surface area contributed by atoms with Crippen molar-refractivity contribution in [2.45, 2.75) is 53.4 Å². The lowest BCUT2D eigenvalue weighted by molar-refractivity contribution is -0.139. The zero-order chi connectivity index (χ0) is 33.7. The summed E-state index contributed by atoms with van der Waals surface area (Å²) in [7, 11) is 0. The summed E-state index contributed by atoms with van der Waals surface area (Å²) in [4.78, 5) is 32.7. The van der Waals surface area contributed by atoms with Crippen LogP contribution in [0.4, 0.5) is 0 Å². The van der Waals surface area contributed by atoms with Gasteiger partial charge in [0.2, 0.25) is 0 Å². The summed E-state index contributed by atoms with van der Waals surface area (Å²) < 4.78 is 26.2. The van der Waals surface area contributed by atoms with Crippen molar-refractivity contribution in [1.82, 2.24) is 4.57 Å². The molecule has 0 aliphatic carbocycles. The molecule has 1 aliphatic rings. The van der Waals surface area contributed by atoms with Gasteiger partial charge in [0.25, 0.3) is 5.56 Å². The molecule has 1 aromatic heterocycles. The van der Waals surface area contributed by atoms with E-state index >= 15 is 0 Å². The number of fused-ring (bicyclic) bond motifs is 1. The van der Waals surface area contributed by atoms with Gasteiger partial charge in [-0.25, -0.2) is 9.79 Å². The molecule has 1 atom stereocenters. The minimum atomic E-state index is -0.805. The highest BCUT2D eigenvalue weighted by Crippen LogP contribution is 2.38. The number of nitriles is 1. The summed E-state index contributed by atoms with van der Waals surface area (Å²) in [5, 5.41) is 9.47. The lowest BCUT2D eigenvalue weighted by Crippen LogP contribution is -2.40. The molecule has 3 aromatic carbocycles. The summed E-state index contributed by atoms with van der Waals surface area (Å²) in [5.74, 6) is 0.991. The highest BCUT2D eigenvalue weighted by Gasteiger charge is 2.35. The predicted octanol–water partition coefficient (Wildman–Crippen LogP) is 6.20. The molecule has 0 unspecified atom stereocenters. The molecule has 0 spiro atoms. The third-order valence-electron chi connectivity index (χ3n) is 7.23. The van der Waals surface area contributed by atoms with Gasteiger partial charge in [0.15, 0.2) is 16.3 Å². The van der Waals surface area contributed by atoms with E-state index in [0.29, 0.717) is 60.0 Å². The second-order valence-electron chi connectivity index (χ2n) is 10.8. The van der Waals surface area contributed by atoms with Crippen molar-refractivity contribution in [2.75, 3.05) is 13.2 Å². The normalized spacial score (nSPS) is 14.3. The molecule has 4 aromatic rings. The average molecular weight is 717 g/mol. The quantitative estimate of drug-likeness (QED) is 0.170. The maximum Gasteiger partial charge on any atom is 0.338 e. The fourth-order valence-corrected chi connectivity index (χ4v) is 6.91. The standard InChI is InChI=1S/C36H34BrN3O6S/c1-6-43-29-17-23(16-27(37)33(29)45-20-25-13-9-8-12-24(25)19-38)18-30-34(41)40-32(26-14-10-11-15-28(26)46-21(3)4)31(35(42)44-7-2)22(5)39-36(40)47-30/h8-18,21,32H,6-7,20H2,1-5H3/b30-18+/t32-/m0/s1. The van der Waals surface area contributed by atoms with Crippen LogP contribution in [0, 0.1) is 11.3 Å². The summed E-state index contributed by atoms with van der Waals surface area (Å²) in [6, 6.07) is 19.7. The topological polar surface area (TPSA) is 112 Å². The van der Waals surface area contributed by atoms with Crippen LogP contribution in [-0.2, 0) is 16.1 Å². The molecule has 0 saturated heterocycles. The first-order chi connectivity index (χ1) is 22.7. The molecule has 0 N–H and O–H groups in total. The summed E-state index contributed by atoms with van der Waals surface area (Å²) >= 11 is 4.85. The number of rotatable bonds is 11. The van der Waals surface area contributed by atoms with Crippen LogP contribution in [0.5, 0.6) is 17.2 Å². The number of allylic oxidation sites excluding steroid dienone is 1. The van der Waals surface area contributed by atoms with Crippen molar-refractivity contribution in [3.05, 3.63) is 118 Å². The molecular formula is C36H34BrN3O6S. The maximum atomic E-state index is 14.2. The third-order valence-corrected chi connectivity index (χ3v) is 8.80. The summed E-state index contributed by atoms with van der Waals surface area (Å²) in [5.41, 5.74) is 3.08. The minimum Gasteiger partial charge on any atom is -0.491 e. The van der Waals surface area contributed by atoms with E-state index in [-0.39, 0.29) is 30.5 Å². The largest absolute Gasteiger partial charge is 0.491 e. The minimum absolute atomic E-state index is 0.130. The Morgan fingerprint density at radius 1 is 1.09 bits per heavy atom. The van der Waals surface area contributed by atoms with Crippen LogP contribution in [0.15, 0.2) is 86.2 Å². The number of ether oxygens (including phenoxy) is 4. The van der Waals surface area contributed by atoms with Gasteiger partial charge in [-0.2, -0.15) is 5.26 Å². The zero-order valence-corrected chi connectivity index (χ0v) is 29.1. The monoisotopic (exact) mass is 715 g/mol. The molecule has 0 amide bonds. The Labute approximate surface area is 285 Å². The number of para-hydroxylation sites is 1.